The molecule has 1 aliphatic carbocycles. The summed E-state index contributed by atoms with van der Waals surface area (Å²) in [4.78, 5) is 38.3. The second-order valence-corrected chi connectivity index (χ2v) is 7.92. The monoisotopic (exact) mass is 406 g/mol. The fourth-order valence-corrected chi connectivity index (χ4v) is 4.36. The zero-order valence-corrected chi connectivity index (χ0v) is 16.8. The molecule has 4 rings (SSSR count). The number of carbonyl (C=O) groups excluding carboxylic acids is 2. The smallest absolute Gasteiger partial charge is 0.337 e. The van der Waals surface area contributed by atoms with Crippen molar-refractivity contribution in [3.8, 4) is 0 Å². The van der Waals surface area contributed by atoms with Crippen LogP contribution in [0.5, 0.6) is 0 Å². The van der Waals surface area contributed by atoms with E-state index in [0.29, 0.717) is 23.5 Å². The van der Waals surface area contributed by atoms with Gasteiger partial charge in [0.15, 0.2) is 0 Å². The molecule has 1 heterocycles. The highest BCUT2D eigenvalue weighted by Crippen LogP contribution is 2.26. The van der Waals surface area contributed by atoms with E-state index >= 15 is 0 Å². The maximum absolute atomic E-state index is 13.2. The van der Waals surface area contributed by atoms with Gasteiger partial charge in [-0.1, -0.05) is 61.7 Å². The zero-order valence-electron chi connectivity index (χ0n) is 16.8. The van der Waals surface area contributed by atoms with Crippen LogP contribution in [0, 0.1) is 5.92 Å². The molecule has 7 nitrogen and oxygen atoms in total. The molecule has 3 N–H and O–H groups in total. The van der Waals surface area contributed by atoms with E-state index in [-0.39, 0.29) is 0 Å². The van der Waals surface area contributed by atoms with Crippen molar-refractivity contribution >= 4 is 23.0 Å². The van der Waals surface area contributed by atoms with Crippen molar-refractivity contribution in [2.45, 2.75) is 44.7 Å². The number of nitrogens with two attached hydrogens (primary N) is 1. The molecule has 0 aliphatic heterocycles. The van der Waals surface area contributed by atoms with Gasteiger partial charge in [-0.25, -0.2) is 14.2 Å². The standard InChI is InChI=1S/C23H26N4O3/c24-21(28)20(17-11-5-2-6-12-17)25-22(29)27-19-14-8-7-13-18(19)26(23(27)30)15-16-9-3-1-4-10-16/h2,5-8,11-14,16,20H,1,3-4,9-10,15H2,(H2,24,28)(H,25,29)/t20-/m0/s1. The third-order valence-electron chi connectivity index (χ3n) is 5.89. The molecule has 1 fully saturated rings. The maximum Gasteiger partial charge on any atom is 0.337 e. The number of aromatic nitrogens is 2. The minimum absolute atomic E-state index is 0.393. The summed E-state index contributed by atoms with van der Waals surface area (Å²) >= 11 is 0. The van der Waals surface area contributed by atoms with E-state index in [1.54, 1.807) is 41.0 Å². The summed E-state index contributed by atoms with van der Waals surface area (Å²) in [5.41, 5.74) is 6.94. The molecular weight excluding hydrogens is 380 g/mol. The van der Waals surface area contributed by atoms with Gasteiger partial charge in [0.2, 0.25) is 5.91 Å². The lowest BCUT2D eigenvalue weighted by atomic mass is 9.89. The zero-order chi connectivity index (χ0) is 21.1. The van der Waals surface area contributed by atoms with Gasteiger partial charge in [0.1, 0.15) is 6.04 Å². The van der Waals surface area contributed by atoms with Crippen molar-refractivity contribution in [3.63, 3.8) is 0 Å². The first kappa shape index (κ1) is 19.9. The van der Waals surface area contributed by atoms with Gasteiger partial charge in [-0.3, -0.25) is 9.36 Å². The van der Waals surface area contributed by atoms with Crippen LogP contribution >= 0.6 is 0 Å². The van der Waals surface area contributed by atoms with Crippen molar-refractivity contribution < 1.29 is 9.59 Å². The Kier molecular flexibility index (Phi) is 5.70. The first-order valence-corrected chi connectivity index (χ1v) is 10.4. The fourth-order valence-electron chi connectivity index (χ4n) is 4.36. The molecule has 0 spiro atoms. The molecule has 0 radical (unpaired) electrons. The van der Waals surface area contributed by atoms with Crippen LogP contribution in [0.1, 0.15) is 43.7 Å². The second kappa shape index (κ2) is 8.57. The van der Waals surface area contributed by atoms with E-state index < -0.39 is 23.7 Å². The van der Waals surface area contributed by atoms with Gasteiger partial charge in [-0.15, -0.1) is 0 Å². The highest BCUT2D eigenvalue weighted by molar-refractivity contribution is 5.92. The molecule has 3 aromatic rings. The Labute approximate surface area is 174 Å². The Morgan fingerprint density at radius 2 is 1.60 bits per heavy atom. The average Bonchev–Trinajstić information content (AvgIpc) is 3.04. The molecule has 2 amide bonds. The maximum atomic E-state index is 13.2. The number of nitrogens with zero attached hydrogens (tertiary/aromatic N) is 2. The molecule has 2 aromatic carbocycles. The van der Waals surface area contributed by atoms with Gasteiger partial charge in [0.25, 0.3) is 0 Å². The largest absolute Gasteiger partial charge is 0.368 e. The number of fused-ring (bicyclic) bond motifs is 1. The number of hydrogen-bond acceptors (Lipinski definition) is 3. The normalized spacial score (nSPS) is 15.7. The van der Waals surface area contributed by atoms with Crippen molar-refractivity contribution in [1.29, 1.82) is 0 Å². The van der Waals surface area contributed by atoms with Crippen LogP contribution in [0.15, 0.2) is 59.4 Å². The minimum Gasteiger partial charge on any atom is -0.368 e. The van der Waals surface area contributed by atoms with Crippen molar-refractivity contribution in [2.24, 2.45) is 11.7 Å². The van der Waals surface area contributed by atoms with E-state index in [2.05, 4.69) is 5.32 Å². The van der Waals surface area contributed by atoms with Gasteiger partial charge in [-0.05, 0) is 36.5 Å². The number of rotatable bonds is 5. The van der Waals surface area contributed by atoms with Crippen LogP contribution in [0.4, 0.5) is 4.79 Å². The minimum atomic E-state index is -1.02. The van der Waals surface area contributed by atoms with Gasteiger partial charge >= 0.3 is 11.7 Å². The van der Waals surface area contributed by atoms with Gasteiger partial charge in [0.05, 0.1) is 11.0 Å². The lowest BCUT2D eigenvalue weighted by Crippen LogP contribution is -2.43. The summed E-state index contributed by atoms with van der Waals surface area (Å²) in [7, 11) is 0. The Morgan fingerprint density at radius 3 is 2.27 bits per heavy atom. The van der Waals surface area contributed by atoms with Crippen LogP contribution in [0.3, 0.4) is 0 Å². The third-order valence-corrected chi connectivity index (χ3v) is 5.89. The Hall–Kier alpha value is -3.35. The lowest BCUT2D eigenvalue weighted by molar-refractivity contribution is -0.119. The van der Waals surface area contributed by atoms with E-state index in [1.165, 1.54) is 19.3 Å². The molecule has 1 aliphatic rings. The molecular formula is C23H26N4O3. The van der Waals surface area contributed by atoms with E-state index in [4.69, 9.17) is 5.73 Å². The molecule has 7 heteroatoms. The van der Waals surface area contributed by atoms with E-state index in [9.17, 15) is 14.4 Å². The first-order valence-electron chi connectivity index (χ1n) is 10.4. The molecule has 1 saturated carbocycles. The number of benzene rings is 2. The van der Waals surface area contributed by atoms with Gasteiger partial charge in [0, 0.05) is 6.54 Å². The predicted molar refractivity (Wildman–Crippen MR) is 115 cm³/mol. The van der Waals surface area contributed by atoms with Crippen LogP contribution < -0.4 is 16.7 Å². The Balaban J connectivity index is 1.69. The quantitative estimate of drug-likeness (QED) is 0.681. The second-order valence-electron chi connectivity index (χ2n) is 7.92. The van der Waals surface area contributed by atoms with Crippen LogP contribution in [-0.2, 0) is 11.3 Å². The average molecular weight is 406 g/mol. The number of hydrogen-bond donors (Lipinski definition) is 2. The SMILES string of the molecule is NC(=O)[C@@H](NC(=O)n1c(=O)n(CC2CCCCC2)c2ccccc21)c1ccccc1. The first-order chi connectivity index (χ1) is 14.6. The summed E-state index contributed by atoms with van der Waals surface area (Å²) in [6, 6.07) is 14.3. The third kappa shape index (κ3) is 3.87. The van der Waals surface area contributed by atoms with Crippen LogP contribution in [0.2, 0.25) is 0 Å². The van der Waals surface area contributed by atoms with E-state index in [1.807, 2.05) is 18.2 Å². The molecule has 0 saturated heterocycles. The number of imidazole rings is 1. The van der Waals surface area contributed by atoms with Crippen molar-refractivity contribution in [2.75, 3.05) is 0 Å². The predicted octanol–water partition coefficient (Wildman–Crippen LogP) is 3.17. The van der Waals surface area contributed by atoms with E-state index in [0.717, 1.165) is 22.9 Å². The Morgan fingerprint density at radius 1 is 0.967 bits per heavy atom. The number of nitrogens with one attached hydrogen (secondary N) is 1. The topological polar surface area (TPSA) is 99.1 Å². The Bertz CT molecular complexity index is 1110. The summed E-state index contributed by atoms with van der Waals surface area (Å²) in [5, 5.41) is 2.64. The lowest BCUT2D eigenvalue weighted by Gasteiger charge is -2.21. The van der Waals surface area contributed by atoms with Crippen LogP contribution in [0.25, 0.3) is 11.0 Å². The molecule has 0 bridgehead atoms. The molecule has 1 aromatic heterocycles. The molecule has 156 valence electrons. The highest BCUT2D eigenvalue weighted by Gasteiger charge is 2.25. The summed E-state index contributed by atoms with van der Waals surface area (Å²) in [5.74, 6) is -0.255. The van der Waals surface area contributed by atoms with Crippen LogP contribution in [-0.4, -0.2) is 21.1 Å². The molecule has 30 heavy (non-hydrogen) atoms. The number of amides is 2. The van der Waals surface area contributed by atoms with Gasteiger partial charge in [-0.2, -0.15) is 0 Å². The fraction of sp³-hybridized carbons (Fsp3) is 0.348. The van der Waals surface area contributed by atoms with Gasteiger partial charge < -0.3 is 11.1 Å². The number of para-hydroxylation sites is 2. The summed E-state index contributed by atoms with van der Waals surface area (Å²) in [6.45, 7) is 0.595. The van der Waals surface area contributed by atoms with Crippen molar-refractivity contribution in [1.82, 2.24) is 14.5 Å². The summed E-state index contributed by atoms with van der Waals surface area (Å²) in [6.07, 6.45) is 5.78. The molecule has 1 atom stereocenters. The number of carbonyl (C=O) groups is 2. The van der Waals surface area contributed by atoms with Crippen molar-refractivity contribution in [3.05, 3.63) is 70.6 Å². The summed E-state index contributed by atoms with van der Waals surface area (Å²) < 4.78 is 2.80. The highest BCUT2D eigenvalue weighted by atomic mass is 16.2. The molecule has 0 unspecified atom stereocenters. The number of primary amides is 1.